The summed E-state index contributed by atoms with van der Waals surface area (Å²) in [7, 11) is 0. The third-order valence-corrected chi connectivity index (χ3v) is 3.88. The van der Waals surface area contributed by atoms with E-state index in [1.54, 1.807) is 6.21 Å². The molecule has 0 bridgehead atoms. The Bertz CT molecular complexity index is 941. The molecule has 0 spiro atoms. The topological polar surface area (TPSA) is 53.5 Å². The smallest absolute Gasteiger partial charge is 0.259 e. The van der Waals surface area contributed by atoms with E-state index in [1.807, 2.05) is 85.8 Å². The van der Waals surface area contributed by atoms with Gasteiger partial charge in [-0.2, -0.15) is 5.10 Å². The van der Waals surface area contributed by atoms with Crippen LogP contribution in [-0.2, 0) is 4.79 Å². The highest BCUT2D eigenvalue weighted by Crippen LogP contribution is 2.22. The van der Waals surface area contributed by atoms with Crippen LogP contribution in [0.5, 0.6) is 0 Å². The second kappa shape index (κ2) is 8.62. The number of carbonyl (C=O) groups excluding carboxylic acids is 1. The van der Waals surface area contributed by atoms with Gasteiger partial charge in [0.15, 0.2) is 0 Å². The first-order chi connectivity index (χ1) is 12.7. The molecule has 0 saturated heterocycles. The van der Waals surface area contributed by atoms with E-state index >= 15 is 0 Å². The summed E-state index contributed by atoms with van der Waals surface area (Å²) in [5, 5.41) is 9.40. The van der Waals surface area contributed by atoms with Crippen molar-refractivity contribution in [3.8, 4) is 0 Å². The Kier molecular flexibility index (Phi) is 5.78. The molecule has 2 N–H and O–H groups in total. The van der Waals surface area contributed by atoms with Crippen molar-refractivity contribution in [2.75, 3.05) is 11.9 Å². The van der Waals surface area contributed by atoms with E-state index in [0.717, 1.165) is 27.6 Å². The number of allylic oxidation sites excluding steroid dienone is 1. The number of hydrogen-bond donors (Lipinski definition) is 2. The molecular formula is C22H21N3O. The zero-order valence-electron chi connectivity index (χ0n) is 14.6. The van der Waals surface area contributed by atoms with Crippen LogP contribution in [-0.4, -0.2) is 18.7 Å². The Hall–Kier alpha value is -3.40. The summed E-state index contributed by atoms with van der Waals surface area (Å²) >= 11 is 0. The fraction of sp³-hybridized carbons (Fsp3) is 0.0909. The van der Waals surface area contributed by atoms with Gasteiger partial charge in [0.05, 0.1) is 12.8 Å². The zero-order chi connectivity index (χ0) is 18.2. The van der Waals surface area contributed by atoms with Crippen molar-refractivity contribution in [3.63, 3.8) is 0 Å². The van der Waals surface area contributed by atoms with Gasteiger partial charge >= 0.3 is 0 Å². The number of nitrogens with one attached hydrogen (secondary N) is 2. The maximum atomic E-state index is 12.0. The second-order valence-electron chi connectivity index (χ2n) is 5.97. The number of hydrazone groups is 1. The highest BCUT2D eigenvalue weighted by molar-refractivity contribution is 5.95. The molecule has 0 radical (unpaired) electrons. The molecule has 0 unspecified atom stereocenters. The van der Waals surface area contributed by atoms with Gasteiger partial charge in [0.25, 0.3) is 5.91 Å². The molecule has 26 heavy (non-hydrogen) atoms. The van der Waals surface area contributed by atoms with Crippen molar-refractivity contribution < 1.29 is 4.79 Å². The van der Waals surface area contributed by atoms with Gasteiger partial charge in [-0.1, -0.05) is 72.8 Å². The van der Waals surface area contributed by atoms with E-state index in [1.165, 1.54) is 0 Å². The van der Waals surface area contributed by atoms with Gasteiger partial charge in [-0.15, -0.1) is 0 Å². The number of nitrogens with zero attached hydrogens (tertiary/aromatic N) is 1. The Balaban J connectivity index is 1.53. The van der Waals surface area contributed by atoms with Crippen LogP contribution in [0, 0.1) is 0 Å². The van der Waals surface area contributed by atoms with Crippen LogP contribution < -0.4 is 10.7 Å². The van der Waals surface area contributed by atoms with Crippen molar-refractivity contribution in [3.05, 3.63) is 83.9 Å². The first-order valence-corrected chi connectivity index (χ1v) is 8.49. The first-order valence-electron chi connectivity index (χ1n) is 8.49. The summed E-state index contributed by atoms with van der Waals surface area (Å²) in [4.78, 5) is 12.0. The molecule has 3 aromatic carbocycles. The molecule has 4 heteroatoms. The van der Waals surface area contributed by atoms with Crippen LogP contribution >= 0.6 is 0 Å². The summed E-state index contributed by atoms with van der Waals surface area (Å²) < 4.78 is 0. The number of amides is 1. The molecule has 0 saturated carbocycles. The zero-order valence-corrected chi connectivity index (χ0v) is 14.6. The third-order valence-electron chi connectivity index (χ3n) is 3.88. The minimum Gasteiger partial charge on any atom is -0.376 e. The van der Waals surface area contributed by atoms with E-state index < -0.39 is 0 Å². The molecule has 1 amide bonds. The molecule has 0 aliphatic carbocycles. The lowest BCUT2D eigenvalue weighted by Crippen LogP contribution is -2.25. The average Bonchev–Trinajstić information content (AvgIpc) is 2.67. The summed E-state index contributed by atoms with van der Waals surface area (Å²) in [6.45, 7) is 2.10. The van der Waals surface area contributed by atoms with E-state index in [0.29, 0.717) is 0 Å². The van der Waals surface area contributed by atoms with Gasteiger partial charge in [0, 0.05) is 11.1 Å². The number of carbonyl (C=O) groups is 1. The van der Waals surface area contributed by atoms with Crippen molar-refractivity contribution in [2.24, 2.45) is 5.10 Å². The summed E-state index contributed by atoms with van der Waals surface area (Å²) in [5.74, 6) is -0.193. The predicted molar refractivity (Wildman–Crippen MR) is 109 cm³/mol. The van der Waals surface area contributed by atoms with Crippen molar-refractivity contribution in [2.45, 2.75) is 6.92 Å². The van der Waals surface area contributed by atoms with Crippen LogP contribution in [0.2, 0.25) is 0 Å². The molecule has 3 aromatic rings. The lowest BCUT2D eigenvalue weighted by Gasteiger charge is -2.08. The lowest BCUT2D eigenvalue weighted by atomic mass is 10.1. The molecule has 0 heterocycles. The normalized spacial score (nSPS) is 11.7. The van der Waals surface area contributed by atoms with Crippen molar-refractivity contribution in [1.82, 2.24) is 5.43 Å². The Labute approximate surface area is 153 Å². The molecule has 0 aliphatic heterocycles. The molecule has 0 atom stereocenters. The third kappa shape index (κ3) is 4.80. The van der Waals surface area contributed by atoms with E-state index in [9.17, 15) is 4.79 Å². The van der Waals surface area contributed by atoms with Crippen LogP contribution in [0.25, 0.3) is 16.8 Å². The van der Waals surface area contributed by atoms with Crippen LogP contribution in [0.1, 0.15) is 12.5 Å². The highest BCUT2D eigenvalue weighted by Gasteiger charge is 2.02. The minimum absolute atomic E-state index is 0.160. The van der Waals surface area contributed by atoms with E-state index in [2.05, 4.69) is 15.8 Å². The van der Waals surface area contributed by atoms with Crippen LogP contribution in [0.4, 0.5) is 5.69 Å². The predicted octanol–water partition coefficient (Wildman–Crippen LogP) is 4.46. The molecule has 4 nitrogen and oxygen atoms in total. The Morgan fingerprint density at radius 1 is 0.962 bits per heavy atom. The second-order valence-corrected chi connectivity index (χ2v) is 5.97. The van der Waals surface area contributed by atoms with E-state index in [4.69, 9.17) is 0 Å². The molecule has 0 fully saturated rings. The van der Waals surface area contributed by atoms with Gasteiger partial charge in [0.2, 0.25) is 0 Å². The van der Waals surface area contributed by atoms with Crippen LogP contribution in [0.15, 0.2) is 83.5 Å². The first kappa shape index (κ1) is 17.4. The Morgan fingerprint density at radius 2 is 1.69 bits per heavy atom. The minimum atomic E-state index is -0.193. The SMILES string of the molecule is CC(/C=N\NC(=O)CNc1cccc2ccccc12)=C\c1ccccc1. The van der Waals surface area contributed by atoms with Crippen molar-refractivity contribution >= 4 is 34.7 Å². The molecule has 130 valence electrons. The highest BCUT2D eigenvalue weighted by atomic mass is 16.2. The molecule has 3 rings (SSSR count). The summed E-state index contributed by atoms with van der Waals surface area (Å²) in [6, 6.07) is 24.0. The van der Waals surface area contributed by atoms with Gasteiger partial charge in [-0.3, -0.25) is 4.79 Å². The number of hydrogen-bond acceptors (Lipinski definition) is 3. The lowest BCUT2D eigenvalue weighted by molar-refractivity contribution is -0.119. The van der Waals surface area contributed by atoms with Gasteiger partial charge in [-0.05, 0) is 29.5 Å². The van der Waals surface area contributed by atoms with Gasteiger partial charge in [0.1, 0.15) is 0 Å². The van der Waals surface area contributed by atoms with Gasteiger partial charge < -0.3 is 5.32 Å². The largest absolute Gasteiger partial charge is 0.376 e. The van der Waals surface area contributed by atoms with Gasteiger partial charge in [-0.25, -0.2) is 5.43 Å². The fourth-order valence-corrected chi connectivity index (χ4v) is 2.65. The number of benzene rings is 3. The summed E-state index contributed by atoms with van der Waals surface area (Å²) in [6.07, 6.45) is 3.65. The maximum absolute atomic E-state index is 12.0. The molecular weight excluding hydrogens is 322 g/mol. The summed E-state index contributed by atoms with van der Waals surface area (Å²) in [5.41, 5.74) is 5.53. The molecule has 0 aliphatic rings. The monoisotopic (exact) mass is 343 g/mol. The fourth-order valence-electron chi connectivity index (χ4n) is 2.65. The standard InChI is InChI=1S/C22H21N3O/c1-17(14-18-8-3-2-4-9-18)15-24-25-22(26)16-23-21-13-7-11-19-10-5-6-12-20(19)21/h2-15,23H,16H2,1H3,(H,25,26)/b17-14+,24-15-. The van der Waals surface area contributed by atoms with E-state index in [-0.39, 0.29) is 12.5 Å². The number of rotatable bonds is 6. The van der Waals surface area contributed by atoms with Crippen LogP contribution in [0.3, 0.4) is 0 Å². The Morgan fingerprint density at radius 3 is 2.54 bits per heavy atom. The average molecular weight is 343 g/mol. The van der Waals surface area contributed by atoms with Crippen molar-refractivity contribution in [1.29, 1.82) is 0 Å². The quantitative estimate of drug-likeness (QED) is 0.513. The number of fused-ring (bicyclic) bond motifs is 1. The number of anilines is 1. The maximum Gasteiger partial charge on any atom is 0.259 e. The molecule has 0 aromatic heterocycles.